The number of amides is 1. The van der Waals surface area contributed by atoms with Crippen molar-refractivity contribution in [2.75, 3.05) is 20.3 Å². The standard InChI is InChI=1S/C21H19FN2O6/c1-12-3-4-14(11-16(12)22)19(25)17-18(13-5-7-15(8-6-13)24(28)29)23(9-10-30-2)21(27)20(17)26/h3-8,11,18,25H,9-10H2,1-2H3/b19-17-. The number of methoxy groups -OCH3 is 1. The van der Waals surface area contributed by atoms with E-state index in [-0.39, 0.29) is 30.0 Å². The smallest absolute Gasteiger partial charge is 0.295 e. The summed E-state index contributed by atoms with van der Waals surface area (Å²) < 4.78 is 19.0. The number of Topliss-reactive ketones (excluding diaryl/α,β-unsaturated/α-hetero) is 1. The number of nitrogens with zero attached hydrogens (tertiary/aromatic N) is 2. The number of carbonyl (C=O) groups is 2. The molecule has 0 saturated carbocycles. The summed E-state index contributed by atoms with van der Waals surface area (Å²) >= 11 is 0. The number of hydrogen-bond acceptors (Lipinski definition) is 6. The van der Waals surface area contributed by atoms with Crippen LogP contribution in [0.4, 0.5) is 10.1 Å². The molecule has 1 atom stereocenters. The van der Waals surface area contributed by atoms with Crippen LogP contribution in [0, 0.1) is 22.9 Å². The molecule has 30 heavy (non-hydrogen) atoms. The number of non-ortho nitro benzene ring substituents is 1. The number of ketones is 1. The average Bonchev–Trinajstić information content (AvgIpc) is 2.98. The first-order valence-electron chi connectivity index (χ1n) is 9.04. The van der Waals surface area contributed by atoms with Crippen LogP contribution in [0.3, 0.4) is 0 Å². The number of halogens is 1. The van der Waals surface area contributed by atoms with Gasteiger partial charge in [0.25, 0.3) is 17.4 Å². The molecule has 3 rings (SSSR count). The highest BCUT2D eigenvalue weighted by Crippen LogP contribution is 2.39. The lowest BCUT2D eigenvalue weighted by Gasteiger charge is -2.25. The molecule has 2 aromatic rings. The highest BCUT2D eigenvalue weighted by molar-refractivity contribution is 6.46. The van der Waals surface area contributed by atoms with Crippen molar-refractivity contribution >= 4 is 23.1 Å². The largest absolute Gasteiger partial charge is 0.507 e. The molecule has 0 spiro atoms. The molecule has 0 aromatic heterocycles. The fraction of sp³-hybridized carbons (Fsp3) is 0.238. The SMILES string of the molecule is COCCN1C(=O)C(=O)/C(=C(\O)c2ccc(C)c(F)c2)C1c1ccc([N+](=O)[O-])cc1. The predicted molar refractivity (Wildman–Crippen MR) is 105 cm³/mol. The Morgan fingerprint density at radius 2 is 1.90 bits per heavy atom. The number of nitro benzene ring substituents is 1. The Hall–Kier alpha value is -3.59. The molecule has 1 unspecified atom stereocenters. The summed E-state index contributed by atoms with van der Waals surface area (Å²) in [5, 5.41) is 21.8. The number of benzene rings is 2. The van der Waals surface area contributed by atoms with Gasteiger partial charge in [0.1, 0.15) is 11.6 Å². The summed E-state index contributed by atoms with van der Waals surface area (Å²) in [5.41, 5.74) is 0.431. The van der Waals surface area contributed by atoms with Gasteiger partial charge in [0.2, 0.25) is 0 Å². The van der Waals surface area contributed by atoms with Gasteiger partial charge in [-0.25, -0.2) is 4.39 Å². The van der Waals surface area contributed by atoms with Gasteiger partial charge in [0, 0.05) is 31.4 Å². The highest BCUT2D eigenvalue weighted by Gasteiger charge is 2.46. The summed E-state index contributed by atoms with van der Waals surface area (Å²) in [7, 11) is 1.44. The number of aliphatic hydroxyl groups is 1. The second-order valence-corrected chi connectivity index (χ2v) is 6.80. The first-order valence-corrected chi connectivity index (χ1v) is 9.04. The minimum Gasteiger partial charge on any atom is -0.507 e. The van der Waals surface area contributed by atoms with Crippen LogP contribution in [-0.4, -0.2) is 46.9 Å². The molecule has 2 aromatic carbocycles. The van der Waals surface area contributed by atoms with E-state index in [2.05, 4.69) is 0 Å². The number of nitro groups is 1. The van der Waals surface area contributed by atoms with Crippen LogP contribution in [0.5, 0.6) is 0 Å². The van der Waals surface area contributed by atoms with Gasteiger partial charge in [-0.15, -0.1) is 0 Å². The van der Waals surface area contributed by atoms with Crippen LogP contribution >= 0.6 is 0 Å². The Balaban J connectivity index is 2.16. The van der Waals surface area contributed by atoms with Crippen molar-refractivity contribution in [1.29, 1.82) is 0 Å². The van der Waals surface area contributed by atoms with Gasteiger partial charge in [-0.05, 0) is 36.2 Å². The molecule has 1 aliphatic heterocycles. The van der Waals surface area contributed by atoms with E-state index in [1.165, 1.54) is 48.4 Å². The third-order valence-corrected chi connectivity index (χ3v) is 4.94. The summed E-state index contributed by atoms with van der Waals surface area (Å²) in [4.78, 5) is 37.0. The van der Waals surface area contributed by atoms with Gasteiger partial charge >= 0.3 is 0 Å². The minimum absolute atomic E-state index is 0.0507. The van der Waals surface area contributed by atoms with E-state index in [1.807, 2.05) is 0 Å². The van der Waals surface area contributed by atoms with Gasteiger partial charge < -0.3 is 14.7 Å². The van der Waals surface area contributed by atoms with Crippen LogP contribution in [0.1, 0.15) is 22.7 Å². The monoisotopic (exact) mass is 414 g/mol. The van der Waals surface area contributed by atoms with Gasteiger partial charge in [-0.3, -0.25) is 19.7 Å². The Morgan fingerprint density at radius 1 is 1.23 bits per heavy atom. The third-order valence-electron chi connectivity index (χ3n) is 4.94. The normalized spacial score (nSPS) is 18.1. The Bertz CT molecular complexity index is 1050. The number of carbonyl (C=O) groups excluding carboxylic acids is 2. The van der Waals surface area contributed by atoms with Gasteiger partial charge in [0.05, 0.1) is 23.1 Å². The van der Waals surface area contributed by atoms with Crippen molar-refractivity contribution in [2.45, 2.75) is 13.0 Å². The molecule has 0 aliphatic carbocycles. The Morgan fingerprint density at radius 3 is 2.47 bits per heavy atom. The molecule has 156 valence electrons. The second-order valence-electron chi connectivity index (χ2n) is 6.80. The van der Waals surface area contributed by atoms with Crippen molar-refractivity contribution in [2.24, 2.45) is 0 Å². The van der Waals surface area contributed by atoms with Crippen LogP contribution in [0.25, 0.3) is 5.76 Å². The average molecular weight is 414 g/mol. The van der Waals surface area contributed by atoms with E-state index >= 15 is 0 Å². The highest BCUT2D eigenvalue weighted by atomic mass is 19.1. The lowest BCUT2D eigenvalue weighted by atomic mass is 9.95. The summed E-state index contributed by atoms with van der Waals surface area (Å²) in [5.74, 6) is -2.85. The number of rotatable bonds is 6. The van der Waals surface area contributed by atoms with Crippen molar-refractivity contribution in [3.63, 3.8) is 0 Å². The zero-order valence-electron chi connectivity index (χ0n) is 16.3. The van der Waals surface area contributed by atoms with E-state index < -0.39 is 34.2 Å². The first kappa shape index (κ1) is 21.1. The molecule has 9 heteroatoms. The van der Waals surface area contributed by atoms with Crippen molar-refractivity contribution in [1.82, 2.24) is 4.90 Å². The molecule has 8 nitrogen and oxygen atoms in total. The maximum atomic E-state index is 14.0. The topological polar surface area (TPSA) is 110 Å². The van der Waals surface area contributed by atoms with Gasteiger partial charge in [-0.1, -0.05) is 12.1 Å². The Labute approximate surface area is 171 Å². The quantitative estimate of drug-likeness (QED) is 0.256. The lowest BCUT2D eigenvalue weighted by Crippen LogP contribution is -2.32. The van der Waals surface area contributed by atoms with Gasteiger partial charge in [0.15, 0.2) is 0 Å². The number of likely N-dealkylation sites (tertiary alicyclic amines) is 1. The summed E-state index contributed by atoms with van der Waals surface area (Å²) in [6.07, 6.45) is 0. The third kappa shape index (κ3) is 3.79. The molecule has 1 amide bonds. The predicted octanol–water partition coefficient (Wildman–Crippen LogP) is 3.11. The van der Waals surface area contributed by atoms with E-state index in [0.29, 0.717) is 11.1 Å². The molecular weight excluding hydrogens is 395 g/mol. The fourth-order valence-electron chi connectivity index (χ4n) is 3.32. The van der Waals surface area contributed by atoms with Gasteiger partial charge in [-0.2, -0.15) is 0 Å². The molecule has 1 fully saturated rings. The second kappa shape index (κ2) is 8.42. The number of hydrogen-bond donors (Lipinski definition) is 1. The molecule has 1 aliphatic rings. The maximum Gasteiger partial charge on any atom is 0.295 e. The molecule has 0 radical (unpaired) electrons. The zero-order valence-corrected chi connectivity index (χ0v) is 16.3. The van der Waals surface area contributed by atoms with E-state index in [9.17, 15) is 29.2 Å². The molecule has 0 bridgehead atoms. The van der Waals surface area contributed by atoms with Crippen LogP contribution in [0.15, 0.2) is 48.0 Å². The van der Waals surface area contributed by atoms with E-state index in [0.717, 1.165) is 6.07 Å². The molecule has 1 saturated heterocycles. The molecule has 1 N–H and O–H groups in total. The zero-order chi connectivity index (χ0) is 22.0. The number of ether oxygens (including phenoxy) is 1. The molecule has 1 heterocycles. The van der Waals surface area contributed by atoms with Crippen molar-refractivity contribution in [3.05, 3.63) is 80.7 Å². The van der Waals surface area contributed by atoms with Crippen LogP contribution < -0.4 is 0 Å². The molecular formula is C21H19FN2O6. The maximum absolute atomic E-state index is 14.0. The summed E-state index contributed by atoms with van der Waals surface area (Å²) in [6, 6.07) is 8.31. The van der Waals surface area contributed by atoms with E-state index in [4.69, 9.17) is 4.74 Å². The lowest BCUT2D eigenvalue weighted by molar-refractivity contribution is -0.384. The first-order chi connectivity index (χ1) is 14.3. The van der Waals surface area contributed by atoms with Crippen molar-refractivity contribution < 1.29 is 28.7 Å². The summed E-state index contributed by atoms with van der Waals surface area (Å²) in [6.45, 7) is 1.75. The fourth-order valence-corrected chi connectivity index (χ4v) is 3.32. The van der Waals surface area contributed by atoms with Crippen molar-refractivity contribution in [3.8, 4) is 0 Å². The van der Waals surface area contributed by atoms with Crippen LogP contribution in [-0.2, 0) is 14.3 Å². The van der Waals surface area contributed by atoms with Crippen LogP contribution in [0.2, 0.25) is 0 Å². The minimum atomic E-state index is -0.995. The Kier molecular flexibility index (Phi) is 5.93. The number of aliphatic hydroxyl groups excluding tert-OH is 1. The van der Waals surface area contributed by atoms with E-state index in [1.54, 1.807) is 6.92 Å². The number of aryl methyl sites for hydroxylation is 1.